The van der Waals surface area contributed by atoms with Crippen LogP contribution in [0.2, 0.25) is 12.1 Å². The first-order valence-electron chi connectivity index (χ1n) is 11.6. The molecule has 0 saturated carbocycles. The molecule has 1 rings (SSSR count). The van der Waals surface area contributed by atoms with Crippen LogP contribution in [-0.4, -0.2) is 15.2 Å². The summed E-state index contributed by atoms with van der Waals surface area (Å²) >= 11 is 0. The van der Waals surface area contributed by atoms with Crippen molar-refractivity contribution in [3.8, 4) is 0 Å². The van der Waals surface area contributed by atoms with Gasteiger partial charge in [-0.2, -0.15) is 0 Å². The van der Waals surface area contributed by atoms with Gasteiger partial charge in [-0.1, -0.05) is 78.6 Å². The van der Waals surface area contributed by atoms with Crippen LogP contribution in [0, 0.1) is 29.1 Å². The largest absolute Gasteiger partial charge is 0.394 e. The van der Waals surface area contributed by atoms with Gasteiger partial charge in [-0.15, -0.1) is 0 Å². The van der Waals surface area contributed by atoms with Gasteiger partial charge in [0.1, 0.15) is 0 Å². The maximum atomic E-state index is 13.9. The molecule has 0 saturated heterocycles. The van der Waals surface area contributed by atoms with Crippen molar-refractivity contribution >= 4 is 8.56 Å². The Hall–Kier alpha value is -0.993. The Balaban J connectivity index is 2.44. The predicted molar refractivity (Wildman–Crippen MR) is 116 cm³/mol. The topological polar surface area (TPSA) is 18.5 Å². The van der Waals surface area contributed by atoms with Crippen molar-refractivity contribution in [2.45, 2.75) is 104 Å². The molecule has 180 valence electrons. The summed E-state index contributed by atoms with van der Waals surface area (Å²) in [5.41, 5.74) is -0.947. The molecule has 1 aromatic rings. The molecule has 8 heteroatoms. The highest BCUT2D eigenvalue weighted by Crippen LogP contribution is 2.27. The number of rotatable bonds is 17. The van der Waals surface area contributed by atoms with Crippen LogP contribution in [0.25, 0.3) is 0 Å². The van der Waals surface area contributed by atoms with Crippen LogP contribution in [0.3, 0.4) is 0 Å². The first kappa shape index (κ1) is 28.0. The van der Waals surface area contributed by atoms with Crippen molar-refractivity contribution in [2.24, 2.45) is 0 Å². The molecule has 0 heterocycles. The van der Waals surface area contributed by atoms with Gasteiger partial charge in [-0.3, -0.25) is 0 Å². The van der Waals surface area contributed by atoms with Gasteiger partial charge in [0.15, 0.2) is 23.3 Å². The standard InChI is InChI=1S/C23H37F5O2Si/c1-4-7-8-9-10-11-12-13-14-15-16-29-31(5-2,6-3)30-17-18-19(24)21(26)23(28)22(27)20(18)25/h4-17H2,1-3H3. The third-order valence-corrected chi connectivity index (χ3v) is 9.28. The molecule has 0 bridgehead atoms. The van der Waals surface area contributed by atoms with E-state index in [0.717, 1.165) is 19.3 Å². The van der Waals surface area contributed by atoms with Crippen LogP contribution in [0.1, 0.15) is 90.5 Å². The van der Waals surface area contributed by atoms with Gasteiger partial charge in [0.05, 0.1) is 12.2 Å². The monoisotopic (exact) mass is 468 g/mol. The van der Waals surface area contributed by atoms with E-state index >= 15 is 0 Å². The SMILES string of the molecule is CCCCCCCCCCCCO[Si](CC)(CC)OCc1c(F)c(F)c(F)c(F)c1F. The van der Waals surface area contributed by atoms with Crippen molar-refractivity contribution in [3.63, 3.8) is 0 Å². The number of benzene rings is 1. The zero-order valence-electron chi connectivity index (χ0n) is 19.1. The molecule has 0 radical (unpaired) electrons. The fourth-order valence-electron chi connectivity index (χ4n) is 3.53. The minimum absolute atomic E-state index is 0.474. The van der Waals surface area contributed by atoms with Crippen molar-refractivity contribution in [1.82, 2.24) is 0 Å². The Morgan fingerprint density at radius 2 is 0.968 bits per heavy atom. The van der Waals surface area contributed by atoms with E-state index in [4.69, 9.17) is 8.85 Å². The van der Waals surface area contributed by atoms with Gasteiger partial charge in [-0.25, -0.2) is 22.0 Å². The summed E-state index contributed by atoms with van der Waals surface area (Å²) in [4.78, 5) is 0. The van der Waals surface area contributed by atoms with E-state index in [9.17, 15) is 22.0 Å². The third-order valence-electron chi connectivity index (χ3n) is 5.72. The molecule has 0 aromatic heterocycles. The number of hydrogen-bond donors (Lipinski definition) is 0. The Bertz CT molecular complexity index is 624. The second kappa shape index (κ2) is 15.0. The lowest BCUT2D eigenvalue weighted by molar-refractivity contribution is 0.153. The molecule has 0 atom stereocenters. The second-order valence-corrected chi connectivity index (χ2v) is 11.8. The van der Waals surface area contributed by atoms with Crippen LogP contribution in [0.15, 0.2) is 0 Å². The molecule has 0 fully saturated rings. The zero-order chi connectivity index (χ0) is 23.3. The van der Waals surface area contributed by atoms with E-state index < -0.39 is 49.8 Å². The summed E-state index contributed by atoms with van der Waals surface area (Å²) in [5, 5.41) is 0. The predicted octanol–water partition coefficient (Wildman–Crippen LogP) is 8.32. The Morgan fingerprint density at radius 3 is 1.42 bits per heavy atom. The maximum Gasteiger partial charge on any atom is 0.337 e. The molecule has 0 N–H and O–H groups in total. The minimum Gasteiger partial charge on any atom is -0.394 e. The highest BCUT2D eigenvalue weighted by atomic mass is 28.4. The van der Waals surface area contributed by atoms with E-state index in [1.54, 1.807) is 0 Å². The van der Waals surface area contributed by atoms with Gasteiger partial charge in [0.25, 0.3) is 0 Å². The number of halogens is 5. The molecular weight excluding hydrogens is 431 g/mol. The van der Waals surface area contributed by atoms with Gasteiger partial charge in [0, 0.05) is 6.61 Å². The molecule has 0 aliphatic heterocycles. The molecule has 0 aliphatic rings. The first-order valence-corrected chi connectivity index (χ1v) is 13.8. The highest BCUT2D eigenvalue weighted by Gasteiger charge is 2.35. The number of unbranched alkanes of at least 4 members (excludes halogenated alkanes) is 9. The molecule has 0 unspecified atom stereocenters. The van der Waals surface area contributed by atoms with Crippen molar-refractivity contribution in [2.75, 3.05) is 6.61 Å². The normalized spacial score (nSPS) is 12.0. The average molecular weight is 469 g/mol. The molecular formula is C23H37F5O2Si. The van der Waals surface area contributed by atoms with Crippen LogP contribution in [0.4, 0.5) is 22.0 Å². The minimum atomic E-state index is -2.79. The van der Waals surface area contributed by atoms with Gasteiger partial charge in [0.2, 0.25) is 5.82 Å². The lowest BCUT2D eigenvalue weighted by atomic mass is 10.1. The third kappa shape index (κ3) is 8.81. The summed E-state index contributed by atoms with van der Waals surface area (Å²) in [5.74, 6) is -9.76. The average Bonchev–Trinajstić information content (AvgIpc) is 2.78. The van der Waals surface area contributed by atoms with Gasteiger partial charge in [-0.05, 0) is 18.5 Å². The van der Waals surface area contributed by atoms with E-state index in [1.807, 2.05) is 13.8 Å². The first-order chi connectivity index (χ1) is 14.8. The fourth-order valence-corrected chi connectivity index (χ4v) is 5.85. The van der Waals surface area contributed by atoms with Crippen LogP contribution in [0.5, 0.6) is 0 Å². The van der Waals surface area contributed by atoms with E-state index in [-0.39, 0.29) is 0 Å². The Morgan fingerprint density at radius 1 is 0.548 bits per heavy atom. The van der Waals surface area contributed by atoms with Crippen molar-refractivity contribution < 1.29 is 30.8 Å². The summed E-state index contributed by atoms with van der Waals surface area (Å²) in [6.07, 6.45) is 11.9. The van der Waals surface area contributed by atoms with Crippen LogP contribution >= 0.6 is 0 Å². The van der Waals surface area contributed by atoms with Crippen LogP contribution in [-0.2, 0) is 15.5 Å². The quantitative estimate of drug-likeness (QED) is 0.0752. The molecule has 1 aromatic carbocycles. The molecule has 31 heavy (non-hydrogen) atoms. The molecule has 0 aliphatic carbocycles. The van der Waals surface area contributed by atoms with E-state index in [2.05, 4.69) is 6.92 Å². The maximum absolute atomic E-state index is 13.9. The van der Waals surface area contributed by atoms with Crippen molar-refractivity contribution in [1.29, 1.82) is 0 Å². The lowest BCUT2D eigenvalue weighted by Crippen LogP contribution is -2.41. The lowest BCUT2D eigenvalue weighted by Gasteiger charge is -2.29. The van der Waals surface area contributed by atoms with Gasteiger partial charge < -0.3 is 8.85 Å². The molecule has 2 nitrogen and oxygen atoms in total. The summed E-state index contributed by atoms with van der Waals surface area (Å²) in [6, 6.07) is 1.05. The molecule has 0 spiro atoms. The summed E-state index contributed by atoms with van der Waals surface area (Å²) < 4.78 is 79.5. The van der Waals surface area contributed by atoms with E-state index in [1.165, 1.54) is 44.9 Å². The highest BCUT2D eigenvalue weighted by molar-refractivity contribution is 6.67. The van der Waals surface area contributed by atoms with Crippen molar-refractivity contribution in [3.05, 3.63) is 34.6 Å². The van der Waals surface area contributed by atoms with Gasteiger partial charge >= 0.3 is 8.56 Å². The Labute approximate surface area is 184 Å². The number of hydrogen-bond acceptors (Lipinski definition) is 2. The zero-order valence-corrected chi connectivity index (χ0v) is 20.1. The summed E-state index contributed by atoms with van der Waals surface area (Å²) in [6.45, 7) is 5.69. The second-order valence-electron chi connectivity index (χ2n) is 7.99. The Kier molecular flexibility index (Phi) is 13.5. The summed E-state index contributed by atoms with van der Waals surface area (Å²) in [7, 11) is -2.79. The van der Waals surface area contributed by atoms with E-state index in [0.29, 0.717) is 18.7 Å². The smallest absolute Gasteiger partial charge is 0.337 e. The molecule has 0 amide bonds. The fraction of sp³-hybridized carbons (Fsp3) is 0.739. The van der Waals surface area contributed by atoms with Crippen LogP contribution < -0.4 is 0 Å².